The first-order valence-electron chi connectivity index (χ1n) is 6.82. The average Bonchev–Trinajstić information content (AvgIpc) is 2.27. The Labute approximate surface area is 112 Å². The van der Waals surface area contributed by atoms with Gasteiger partial charge < -0.3 is 4.74 Å². The van der Waals surface area contributed by atoms with E-state index in [9.17, 15) is 4.57 Å². The Hall–Kier alpha value is 0.110. The second-order valence-electron chi connectivity index (χ2n) is 6.26. The highest BCUT2D eigenvalue weighted by Crippen LogP contribution is 2.49. The molecule has 0 N–H and O–H groups in total. The molecule has 1 rings (SSSR count). The molecule has 3 unspecified atom stereocenters. The molecular weight excluding hydrogens is 247 g/mol. The number of hydrogen-bond donors (Lipinski definition) is 0. The summed E-state index contributed by atoms with van der Waals surface area (Å²) in [5, 5.41) is 0. The molecule has 0 aromatic carbocycles. The predicted molar refractivity (Wildman–Crippen MR) is 77.1 cm³/mol. The average molecular weight is 276 g/mol. The monoisotopic (exact) mass is 276 g/mol. The second-order valence-corrected chi connectivity index (χ2v) is 9.29. The second kappa shape index (κ2) is 6.04. The molecule has 0 aromatic rings. The highest BCUT2D eigenvalue weighted by molar-refractivity contribution is 7.58. The van der Waals surface area contributed by atoms with Crippen molar-refractivity contribution in [3.63, 3.8) is 0 Å². The number of morpholine rings is 1. The van der Waals surface area contributed by atoms with Crippen molar-refractivity contribution < 1.29 is 9.30 Å². The molecule has 0 aliphatic carbocycles. The molecule has 5 heteroatoms. The van der Waals surface area contributed by atoms with Gasteiger partial charge in [0.05, 0.1) is 12.2 Å². The summed E-state index contributed by atoms with van der Waals surface area (Å²) in [6, 6.07) is 0. The number of rotatable bonds is 4. The fourth-order valence-electron chi connectivity index (χ4n) is 2.09. The Morgan fingerprint density at radius 2 is 1.50 bits per heavy atom. The Morgan fingerprint density at radius 1 is 1.11 bits per heavy atom. The molecule has 1 aliphatic heterocycles. The van der Waals surface area contributed by atoms with E-state index in [2.05, 4.69) is 32.4 Å². The van der Waals surface area contributed by atoms with Gasteiger partial charge in [-0.1, -0.05) is 27.7 Å². The van der Waals surface area contributed by atoms with Gasteiger partial charge in [0.2, 0.25) is 7.44 Å². The minimum atomic E-state index is -2.41. The standard InChI is InChI=1S/C13H29N2O2P/c1-10(2)12-8-15(18(7,16)14(5)6)9-13(17-12)11(3)4/h10-13H,8-9H2,1-7H3. The van der Waals surface area contributed by atoms with Crippen LogP contribution in [-0.2, 0) is 9.30 Å². The summed E-state index contributed by atoms with van der Waals surface area (Å²) in [6.07, 6.45) is 0.360. The van der Waals surface area contributed by atoms with Crippen LogP contribution < -0.4 is 0 Å². The zero-order valence-corrected chi connectivity index (χ0v) is 13.8. The molecule has 18 heavy (non-hydrogen) atoms. The van der Waals surface area contributed by atoms with Gasteiger partial charge in [0.15, 0.2) is 0 Å². The molecule has 3 atom stereocenters. The smallest absolute Gasteiger partial charge is 0.213 e. The van der Waals surface area contributed by atoms with E-state index in [4.69, 9.17) is 4.74 Å². The van der Waals surface area contributed by atoms with Gasteiger partial charge in [-0.25, -0.2) is 9.34 Å². The first-order valence-corrected chi connectivity index (χ1v) is 8.88. The number of nitrogens with zero attached hydrogens (tertiary/aromatic N) is 2. The van der Waals surface area contributed by atoms with E-state index in [1.54, 1.807) is 0 Å². The Kier molecular flexibility index (Phi) is 5.43. The van der Waals surface area contributed by atoms with Crippen LogP contribution in [0.1, 0.15) is 27.7 Å². The van der Waals surface area contributed by atoms with Crippen LogP contribution in [0.25, 0.3) is 0 Å². The van der Waals surface area contributed by atoms with E-state index in [0.717, 1.165) is 13.1 Å². The molecular formula is C13H29N2O2P. The molecule has 108 valence electrons. The van der Waals surface area contributed by atoms with Gasteiger partial charge in [-0.05, 0) is 25.9 Å². The van der Waals surface area contributed by atoms with E-state index in [1.165, 1.54) is 0 Å². The van der Waals surface area contributed by atoms with Crippen LogP contribution >= 0.6 is 7.44 Å². The fourth-order valence-corrected chi connectivity index (χ4v) is 3.53. The fraction of sp³-hybridized carbons (Fsp3) is 1.00. The van der Waals surface area contributed by atoms with Crippen molar-refractivity contribution in [3.05, 3.63) is 0 Å². The van der Waals surface area contributed by atoms with Gasteiger partial charge in [0, 0.05) is 19.8 Å². The maximum atomic E-state index is 12.8. The molecule has 0 radical (unpaired) electrons. The third kappa shape index (κ3) is 3.57. The minimum Gasteiger partial charge on any atom is -0.372 e. The van der Waals surface area contributed by atoms with Crippen molar-refractivity contribution >= 4 is 7.44 Å². The molecule has 0 amide bonds. The first kappa shape index (κ1) is 16.2. The summed E-state index contributed by atoms with van der Waals surface area (Å²) in [6.45, 7) is 12.1. The van der Waals surface area contributed by atoms with Crippen molar-refractivity contribution in [1.82, 2.24) is 9.34 Å². The zero-order chi connectivity index (χ0) is 14.1. The van der Waals surface area contributed by atoms with E-state index in [0.29, 0.717) is 11.8 Å². The van der Waals surface area contributed by atoms with Crippen molar-refractivity contribution in [2.45, 2.75) is 39.9 Å². The van der Waals surface area contributed by atoms with Gasteiger partial charge in [0.1, 0.15) is 0 Å². The topological polar surface area (TPSA) is 32.8 Å². The maximum Gasteiger partial charge on any atom is 0.213 e. The largest absolute Gasteiger partial charge is 0.372 e. The molecule has 0 saturated carbocycles. The quantitative estimate of drug-likeness (QED) is 0.739. The van der Waals surface area contributed by atoms with Crippen LogP contribution in [0.5, 0.6) is 0 Å². The first-order chi connectivity index (χ1) is 8.16. The van der Waals surface area contributed by atoms with Crippen molar-refractivity contribution in [1.29, 1.82) is 0 Å². The lowest BCUT2D eigenvalue weighted by atomic mass is 10.0. The summed E-state index contributed by atoms with van der Waals surface area (Å²) in [4.78, 5) is 0. The van der Waals surface area contributed by atoms with Gasteiger partial charge in [-0.15, -0.1) is 0 Å². The molecule has 0 aromatic heterocycles. The minimum absolute atomic E-state index is 0.180. The third-order valence-electron chi connectivity index (χ3n) is 3.89. The highest BCUT2D eigenvalue weighted by Gasteiger charge is 2.38. The van der Waals surface area contributed by atoms with Crippen LogP contribution in [0.3, 0.4) is 0 Å². The molecule has 0 bridgehead atoms. The number of ether oxygens (including phenoxy) is 1. The summed E-state index contributed by atoms with van der Waals surface area (Å²) in [7, 11) is 1.38. The van der Waals surface area contributed by atoms with E-state index < -0.39 is 7.44 Å². The summed E-state index contributed by atoms with van der Waals surface area (Å²) < 4.78 is 22.9. The van der Waals surface area contributed by atoms with E-state index in [-0.39, 0.29) is 12.2 Å². The van der Waals surface area contributed by atoms with E-state index >= 15 is 0 Å². The van der Waals surface area contributed by atoms with Crippen LogP contribution in [0, 0.1) is 11.8 Å². The van der Waals surface area contributed by atoms with Gasteiger partial charge >= 0.3 is 0 Å². The molecule has 1 heterocycles. The molecule has 0 spiro atoms. The third-order valence-corrected chi connectivity index (χ3v) is 6.75. The van der Waals surface area contributed by atoms with E-state index in [1.807, 2.05) is 25.4 Å². The summed E-state index contributed by atoms with van der Waals surface area (Å²) in [5.41, 5.74) is 0. The van der Waals surface area contributed by atoms with Crippen molar-refractivity contribution in [3.8, 4) is 0 Å². The van der Waals surface area contributed by atoms with Crippen LogP contribution in [0.4, 0.5) is 0 Å². The SMILES string of the molecule is CC(C)C1CN(P(C)(=O)N(C)C)CC(C(C)C)O1. The van der Waals surface area contributed by atoms with Crippen molar-refractivity contribution in [2.24, 2.45) is 11.8 Å². The highest BCUT2D eigenvalue weighted by atomic mass is 31.2. The Balaban J connectivity index is 2.89. The lowest BCUT2D eigenvalue weighted by Crippen LogP contribution is -2.50. The molecule has 1 saturated heterocycles. The lowest BCUT2D eigenvalue weighted by molar-refractivity contribution is -0.101. The van der Waals surface area contributed by atoms with Gasteiger partial charge in [0.25, 0.3) is 0 Å². The summed E-state index contributed by atoms with van der Waals surface area (Å²) in [5.74, 6) is 0.910. The van der Waals surface area contributed by atoms with Crippen LogP contribution in [0.15, 0.2) is 0 Å². The zero-order valence-electron chi connectivity index (χ0n) is 12.9. The van der Waals surface area contributed by atoms with Gasteiger partial charge in [-0.2, -0.15) is 0 Å². The maximum absolute atomic E-state index is 12.8. The van der Waals surface area contributed by atoms with Crippen LogP contribution in [0.2, 0.25) is 0 Å². The summed E-state index contributed by atoms with van der Waals surface area (Å²) >= 11 is 0. The Morgan fingerprint density at radius 3 is 1.78 bits per heavy atom. The van der Waals surface area contributed by atoms with Crippen molar-refractivity contribution in [2.75, 3.05) is 33.8 Å². The van der Waals surface area contributed by atoms with Gasteiger partial charge in [-0.3, -0.25) is 4.57 Å². The number of hydrogen-bond acceptors (Lipinski definition) is 2. The lowest BCUT2D eigenvalue weighted by Gasteiger charge is -2.44. The molecule has 4 nitrogen and oxygen atoms in total. The van der Waals surface area contributed by atoms with Crippen LogP contribution in [-0.4, -0.2) is 55.4 Å². The predicted octanol–water partition coefficient (Wildman–Crippen LogP) is 2.75. The Bertz CT molecular complexity index is 302. The molecule has 1 fully saturated rings. The molecule has 1 aliphatic rings. The normalized spacial score (nSPS) is 30.1.